The summed E-state index contributed by atoms with van der Waals surface area (Å²) in [6, 6.07) is 74.1. The van der Waals surface area contributed by atoms with Crippen molar-refractivity contribution in [3.63, 3.8) is 0 Å². The molecule has 12 rings (SSSR count). The predicted molar refractivity (Wildman–Crippen MR) is 276 cm³/mol. The number of anilines is 3. The van der Waals surface area contributed by atoms with Crippen LogP contribution in [0.15, 0.2) is 200 Å². The van der Waals surface area contributed by atoms with E-state index in [1.165, 1.54) is 93.3 Å². The van der Waals surface area contributed by atoms with Gasteiger partial charge in [-0.2, -0.15) is 0 Å². The second-order valence-electron chi connectivity index (χ2n) is 16.9. The van der Waals surface area contributed by atoms with Gasteiger partial charge in [-0.3, -0.25) is 0 Å². The zero-order valence-electron chi connectivity index (χ0n) is 37.2. The van der Waals surface area contributed by atoms with Gasteiger partial charge in [0.25, 0.3) is 0 Å². The average Bonchev–Trinajstić information content (AvgIpc) is 4.01. The summed E-state index contributed by atoms with van der Waals surface area (Å²) in [5.74, 6) is 0.450. The maximum Gasteiger partial charge on any atom is 0.0641 e. The minimum absolute atomic E-state index is 0.450. The predicted octanol–water partition coefficient (Wildman–Crippen LogP) is 17.6. The third-order valence-electron chi connectivity index (χ3n) is 13.5. The lowest BCUT2D eigenvalue weighted by Crippen LogP contribution is -2.11. The molecule has 64 heavy (non-hydrogen) atoms. The standard InChI is InChI=1S/C59H45N3.C2H6/c1-4-38(2)44-19-8-9-20-46(44)51-37-43(32-29-39(51)3)60(56-36-35-48-47-21-10-13-25-52(47)62-54-27-15-12-23-50(54)58(56)59(48)62)42-33-30-40(31-34-42)45-24-16-28-55-57(45)49-22-11-14-26-53(49)61(55)41-17-6-5-7-18-41;1-2/h5-38H,4H2,1-3H3;1-2H3. The van der Waals surface area contributed by atoms with Gasteiger partial charge < -0.3 is 13.9 Å². The topological polar surface area (TPSA) is 12.6 Å². The fraction of sp³-hybridized carbons (Fsp3) is 0.115. The normalized spacial score (nSPS) is 12.1. The van der Waals surface area contributed by atoms with Crippen LogP contribution < -0.4 is 4.90 Å². The van der Waals surface area contributed by atoms with Crippen LogP contribution in [-0.2, 0) is 0 Å². The molecule has 0 saturated carbocycles. The molecule has 0 aliphatic rings. The van der Waals surface area contributed by atoms with Crippen molar-refractivity contribution in [2.45, 2.75) is 47.0 Å². The van der Waals surface area contributed by atoms with E-state index in [9.17, 15) is 0 Å². The first-order chi connectivity index (χ1) is 31.6. The van der Waals surface area contributed by atoms with Gasteiger partial charge in [-0.05, 0) is 119 Å². The van der Waals surface area contributed by atoms with Gasteiger partial charge in [-0.15, -0.1) is 0 Å². The van der Waals surface area contributed by atoms with E-state index in [1.807, 2.05) is 13.8 Å². The van der Waals surface area contributed by atoms with E-state index in [0.29, 0.717) is 5.92 Å². The number of rotatable bonds is 8. The Labute approximate surface area is 375 Å². The summed E-state index contributed by atoms with van der Waals surface area (Å²) >= 11 is 0. The first kappa shape index (κ1) is 39.2. The molecule has 0 aliphatic carbocycles. The Balaban J connectivity index is 0.00000225. The Morgan fingerprint density at radius 1 is 0.469 bits per heavy atom. The van der Waals surface area contributed by atoms with E-state index in [4.69, 9.17) is 0 Å². The van der Waals surface area contributed by atoms with Crippen LogP contribution in [0.25, 0.3) is 87.8 Å². The van der Waals surface area contributed by atoms with Crippen molar-refractivity contribution >= 4 is 77.0 Å². The fourth-order valence-electron chi connectivity index (χ4n) is 10.4. The quantitative estimate of drug-likeness (QED) is 0.149. The van der Waals surface area contributed by atoms with Crippen molar-refractivity contribution < 1.29 is 0 Å². The van der Waals surface area contributed by atoms with E-state index < -0.39 is 0 Å². The molecular formula is C61H51N3. The van der Waals surface area contributed by atoms with Crippen LogP contribution in [-0.4, -0.2) is 8.97 Å². The van der Waals surface area contributed by atoms with Crippen molar-refractivity contribution in [1.82, 2.24) is 8.97 Å². The molecule has 0 aliphatic heterocycles. The SMILES string of the molecule is CC.CCC(C)c1ccccc1-c1cc(N(c2ccc(-c3cccc4c3c3ccccc3n4-c3ccccc3)cc2)c2ccc3c4ccccc4n4c5ccccc5c2c34)ccc1C. The smallest absolute Gasteiger partial charge is 0.0641 e. The number of aryl methyl sites for hydroxylation is 1. The van der Waals surface area contributed by atoms with E-state index >= 15 is 0 Å². The van der Waals surface area contributed by atoms with E-state index in [0.717, 1.165) is 29.2 Å². The van der Waals surface area contributed by atoms with Crippen LogP contribution in [0.5, 0.6) is 0 Å². The van der Waals surface area contributed by atoms with Crippen molar-refractivity contribution in [1.29, 1.82) is 0 Å². The lowest BCUT2D eigenvalue weighted by atomic mass is 9.88. The largest absolute Gasteiger partial charge is 0.310 e. The summed E-state index contributed by atoms with van der Waals surface area (Å²) in [7, 11) is 0. The summed E-state index contributed by atoms with van der Waals surface area (Å²) in [6.45, 7) is 10.9. The summed E-state index contributed by atoms with van der Waals surface area (Å²) < 4.78 is 4.88. The lowest BCUT2D eigenvalue weighted by molar-refractivity contribution is 0.735. The molecule has 310 valence electrons. The second-order valence-corrected chi connectivity index (χ2v) is 16.9. The molecule has 12 aromatic rings. The van der Waals surface area contributed by atoms with Crippen molar-refractivity contribution in [2.24, 2.45) is 0 Å². The molecule has 0 fully saturated rings. The highest BCUT2D eigenvalue weighted by Crippen LogP contribution is 2.49. The lowest BCUT2D eigenvalue weighted by Gasteiger charge is -2.28. The molecule has 0 radical (unpaired) electrons. The number of fused-ring (bicyclic) bond motifs is 9. The van der Waals surface area contributed by atoms with Crippen molar-refractivity contribution in [3.8, 4) is 27.9 Å². The molecule has 0 spiro atoms. The third kappa shape index (κ3) is 6.02. The first-order valence-electron chi connectivity index (χ1n) is 22.9. The molecule has 1 atom stereocenters. The van der Waals surface area contributed by atoms with Gasteiger partial charge in [0, 0.05) is 49.4 Å². The van der Waals surface area contributed by atoms with Crippen LogP contribution >= 0.6 is 0 Å². The Morgan fingerprint density at radius 3 is 1.81 bits per heavy atom. The minimum atomic E-state index is 0.450. The molecule has 3 aromatic heterocycles. The number of nitrogens with zero attached hydrogens (tertiary/aromatic N) is 3. The molecule has 3 heteroatoms. The monoisotopic (exact) mass is 825 g/mol. The van der Waals surface area contributed by atoms with E-state index in [2.05, 4.69) is 235 Å². The Hall–Kier alpha value is -7.62. The molecule has 0 bridgehead atoms. The molecular weight excluding hydrogens is 775 g/mol. The molecule has 0 amide bonds. The van der Waals surface area contributed by atoms with Crippen molar-refractivity contribution in [2.75, 3.05) is 4.90 Å². The molecule has 3 heterocycles. The van der Waals surface area contributed by atoms with Gasteiger partial charge in [0.15, 0.2) is 0 Å². The average molecular weight is 826 g/mol. The highest BCUT2D eigenvalue weighted by atomic mass is 15.1. The Kier molecular flexibility index (Phi) is 9.77. The van der Waals surface area contributed by atoms with Gasteiger partial charge >= 0.3 is 0 Å². The van der Waals surface area contributed by atoms with Gasteiger partial charge in [0.2, 0.25) is 0 Å². The van der Waals surface area contributed by atoms with E-state index in [-0.39, 0.29) is 0 Å². The molecule has 0 saturated heterocycles. The third-order valence-corrected chi connectivity index (χ3v) is 13.5. The van der Waals surface area contributed by atoms with E-state index in [1.54, 1.807) is 0 Å². The molecule has 3 nitrogen and oxygen atoms in total. The summed E-state index contributed by atoms with van der Waals surface area (Å²) in [4.78, 5) is 2.50. The number of hydrogen-bond donors (Lipinski definition) is 0. The van der Waals surface area contributed by atoms with Gasteiger partial charge in [0.1, 0.15) is 0 Å². The summed E-state index contributed by atoms with van der Waals surface area (Å²) in [5, 5.41) is 7.60. The zero-order valence-corrected chi connectivity index (χ0v) is 37.2. The van der Waals surface area contributed by atoms with Crippen LogP contribution in [0.3, 0.4) is 0 Å². The first-order valence-corrected chi connectivity index (χ1v) is 22.9. The van der Waals surface area contributed by atoms with Crippen LogP contribution in [0.1, 0.15) is 51.2 Å². The maximum absolute atomic E-state index is 2.50. The molecule has 1 unspecified atom stereocenters. The Morgan fingerprint density at radius 2 is 1.06 bits per heavy atom. The molecule has 0 N–H and O–H groups in total. The molecule has 9 aromatic carbocycles. The fourth-order valence-corrected chi connectivity index (χ4v) is 10.4. The maximum atomic E-state index is 2.50. The number of para-hydroxylation sites is 4. The summed E-state index contributed by atoms with van der Waals surface area (Å²) in [5.41, 5.74) is 18.4. The van der Waals surface area contributed by atoms with Crippen LogP contribution in [0.4, 0.5) is 17.1 Å². The Bertz CT molecular complexity index is 3650. The van der Waals surface area contributed by atoms with Gasteiger partial charge in [-0.25, -0.2) is 0 Å². The highest BCUT2D eigenvalue weighted by molar-refractivity contribution is 6.27. The zero-order chi connectivity index (χ0) is 43.5. The van der Waals surface area contributed by atoms with Crippen LogP contribution in [0.2, 0.25) is 0 Å². The second kappa shape index (κ2) is 15.9. The minimum Gasteiger partial charge on any atom is -0.310 e. The van der Waals surface area contributed by atoms with Crippen molar-refractivity contribution in [3.05, 3.63) is 211 Å². The van der Waals surface area contributed by atoms with Crippen LogP contribution in [0, 0.1) is 6.92 Å². The van der Waals surface area contributed by atoms with Gasteiger partial charge in [0.05, 0.1) is 33.3 Å². The highest BCUT2D eigenvalue weighted by Gasteiger charge is 2.25. The number of hydrogen-bond acceptors (Lipinski definition) is 1. The number of aromatic nitrogens is 2. The van der Waals surface area contributed by atoms with Gasteiger partial charge in [-0.1, -0.05) is 161 Å². The summed E-state index contributed by atoms with van der Waals surface area (Å²) in [6.07, 6.45) is 1.09. The number of benzene rings is 9.